The molecule has 0 spiro atoms. The normalized spacial score (nSPS) is 10.9. The van der Waals surface area contributed by atoms with Gasteiger partial charge in [-0.3, -0.25) is 0 Å². The van der Waals surface area contributed by atoms with Gasteiger partial charge in [0.2, 0.25) is 0 Å². The van der Waals surface area contributed by atoms with Crippen molar-refractivity contribution in [2.24, 2.45) is 0 Å². The molecule has 0 amide bonds. The minimum absolute atomic E-state index is 0.213. The first-order valence-corrected chi connectivity index (χ1v) is 10.6. The maximum Gasteiger partial charge on any atom is 0.339 e. The van der Waals surface area contributed by atoms with Crippen LogP contribution in [0.5, 0.6) is 0 Å². The number of benzene rings is 2. The average molecular weight is 448 g/mol. The molecule has 7 nitrogen and oxygen atoms in total. The zero-order valence-corrected chi connectivity index (χ0v) is 18.7. The minimum Gasteiger partial charge on any atom is -0.465 e. The van der Waals surface area contributed by atoms with Crippen LogP contribution in [0.2, 0.25) is 0 Å². The van der Waals surface area contributed by atoms with E-state index in [9.17, 15) is 14.9 Å². The zero-order chi connectivity index (χ0) is 23.1. The molecule has 0 bridgehead atoms. The highest BCUT2D eigenvalue weighted by Gasteiger charge is 2.16. The number of aryl methyl sites for hydroxylation is 1. The van der Waals surface area contributed by atoms with Crippen LogP contribution in [-0.4, -0.2) is 31.1 Å². The van der Waals surface area contributed by atoms with E-state index in [0.29, 0.717) is 10.7 Å². The third-order valence-electron chi connectivity index (χ3n) is 4.73. The monoisotopic (exact) mass is 447 g/mol. The fourth-order valence-corrected chi connectivity index (χ4v) is 3.72. The zero-order valence-electron chi connectivity index (χ0n) is 17.8. The van der Waals surface area contributed by atoms with Crippen molar-refractivity contribution in [2.45, 2.75) is 13.3 Å². The number of nitrogens with one attached hydrogen (secondary N) is 1. The Kier molecular flexibility index (Phi) is 7.37. The van der Waals surface area contributed by atoms with Gasteiger partial charge in [-0.05, 0) is 30.2 Å². The van der Waals surface area contributed by atoms with Crippen LogP contribution in [0.4, 0.5) is 5.69 Å². The largest absolute Gasteiger partial charge is 0.465 e. The molecule has 0 unspecified atom stereocenters. The van der Waals surface area contributed by atoms with Crippen LogP contribution in [0.25, 0.3) is 16.8 Å². The van der Waals surface area contributed by atoms with Gasteiger partial charge in [-0.15, -0.1) is 11.3 Å². The van der Waals surface area contributed by atoms with Gasteiger partial charge in [-0.2, -0.15) is 5.26 Å². The Balaban J connectivity index is 1.90. The molecule has 1 aromatic heterocycles. The molecule has 0 aliphatic rings. The van der Waals surface area contributed by atoms with Gasteiger partial charge in [0, 0.05) is 17.1 Å². The Morgan fingerprint density at radius 2 is 1.84 bits per heavy atom. The molecule has 0 saturated heterocycles. The van der Waals surface area contributed by atoms with Gasteiger partial charge in [-0.25, -0.2) is 14.6 Å². The molecule has 0 aliphatic heterocycles. The third kappa shape index (κ3) is 5.02. The van der Waals surface area contributed by atoms with Gasteiger partial charge in [0.25, 0.3) is 0 Å². The molecule has 0 fully saturated rings. The summed E-state index contributed by atoms with van der Waals surface area (Å²) in [5.41, 5.74) is 4.03. The number of ether oxygens (including phenoxy) is 2. The lowest BCUT2D eigenvalue weighted by Crippen LogP contribution is -2.08. The van der Waals surface area contributed by atoms with E-state index >= 15 is 0 Å². The number of methoxy groups -OCH3 is 2. The molecule has 0 saturated carbocycles. The Morgan fingerprint density at radius 1 is 1.12 bits per heavy atom. The van der Waals surface area contributed by atoms with Crippen LogP contribution in [-0.2, 0) is 15.9 Å². The number of thiazole rings is 1. The van der Waals surface area contributed by atoms with Gasteiger partial charge < -0.3 is 14.8 Å². The van der Waals surface area contributed by atoms with Crippen LogP contribution in [0.1, 0.15) is 38.2 Å². The van der Waals surface area contributed by atoms with Gasteiger partial charge in [-0.1, -0.05) is 31.2 Å². The Hall–Kier alpha value is -3.96. The van der Waals surface area contributed by atoms with E-state index in [1.165, 1.54) is 55.5 Å². The quantitative estimate of drug-likeness (QED) is 0.405. The number of nitrogens with zero attached hydrogens (tertiary/aromatic N) is 2. The first-order valence-electron chi connectivity index (χ1n) is 9.73. The molecule has 8 heteroatoms. The predicted molar refractivity (Wildman–Crippen MR) is 123 cm³/mol. The fourth-order valence-electron chi connectivity index (χ4n) is 2.93. The van der Waals surface area contributed by atoms with Gasteiger partial charge in [0.15, 0.2) is 0 Å². The Morgan fingerprint density at radius 3 is 2.47 bits per heavy atom. The molecule has 32 heavy (non-hydrogen) atoms. The SMILES string of the molecule is CCc1ccc(-c2csc(/C(C#N)=C/Nc3cc(C(=O)OC)ccc3C(=O)OC)n2)cc1. The van der Waals surface area contributed by atoms with Crippen LogP contribution in [0.3, 0.4) is 0 Å². The fraction of sp³-hybridized carbons (Fsp3) is 0.167. The summed E-state index contributed by atoms with van der Waals surface area (Å²) in [4.78, 5) is 28.5. The van der Waals surface area contributed by atoms with E-state index in [0.717, 1.165) is 17.7 Å². The van der Waals surface area contributed by atoms with E-state index < -0.39 is 11.9 Å². The smallest absolute Gasteiger partial charge is 0.339 e. The first-order chi connectivity index (χ1) is 15.5. The number of hydrogen-bond donors (Lipinski definition) is 1. The van der Waals surface area contributed by atoms with Crippen molar-refractivity contribution in [3.05, 3.63) is 75.7 Å². The second-order valence-electron chi connectivity index (χ2n) is 6.65. The lowest BCUT2D eigenvalue weighted by atomic mass is 10.1. The van der Waals surface area contributed by atoms with Crippen molar-refractivity contribution < 1.29 is 19.1 Å². The highest BCUT2D eigenvalue weighted by Crippen LogP contribution is 2.27. The summed E-state index contributed by atoms with van der Waals surface area (Å²) in [7, 11) is 2.54. The summed E-state index contributed by atoms with van der Waals surface area (Å²) in [5, 5.41) is 15.0. The van der Waals surface area contributed by atoms with E-state index in [-0.39, 0.29) is 16.7 Å². The number of nitriles is 1. The number of allylic oxidation sites excluding steroid dienone is 1. The van der Waals surface area contributed by atoms with Crippen LogP contribution < -0.4 is 5.32 Å². The standard InChI is InChI=1S/C24H21N3O4S/c1-4-15-5-7-16(8-6-15)21-14-32-22(27-21)18(12-25)13-26-20-11-17(23(28)30-2)9-10-19(20)24(29)31-3/h5-11,13-14,26H,4H2,1-3H3/b18-13+. The summed E-state index contributed by atoms with van der Waals surface area (Å²) in [6.07, 6.45) is 2.41. The molecule has 3 aromatic rings. The minimum atomic E-state index is -0.581. The number of esters is 2. The molecule has 0 aliphatic carbocycles. The lowest BCUT2D eigenvalue weighted by molar-refractivity contribution is 0.0587. The highest BCUT2D eigenvalue weighted by atomic mass is 32.1. The predicted octanol–water partition coefficient (Wildman–Crippen LogP) is 4.92. The number of carbonyl (C=O) groups excluding carboxylic acids is 2. The van der Waals surface area contributed by atoms with Gasteiger partial charge in [0.1, 0.15) is 16.6 Å². The van der Waals surface area contributed by atoms with Crippen molar-refractivity contribution in [3.63, 3.8) is 0 Å². The second-order valence-corrected chi connectivity index (χ2v) is 7.50. The molecule has 1 N–H and O–H groups in total. The summed E-state index contributed by atoms with van der Waals surface area (Å²) < 4.78 is 9.53. The van der Waals surface area contributed by atoms with Crippen molar-refractivity contribution >= 4 is 34.5 Å². The van der Waals surface area contributed by atoms with Gasteiger partial charge >= 0.3 is 11.9 Å². The summed E-state index contributed by atoms with van der Waals surface area (Å²) in [6.45, 7) is 2.10. The van der Waals surface area contributed by atoms with E-state index in [4.69, 9.17) is 9.47 Å². The lowest BCUT2D eigenvalue weighted by Gasteiger charge is -2.10. The van der Waals surface area contributed by atoms with Crippen molar-refractivity contribution in [2.75, 3.05) is 19.5 Å². The van der Waals surface area contributed by atoms with Crippen LogP contribution in [0, 0.1) is 11.3 Å². The molecule has 0 radical (unpaired) electrons. The average Bonchev–Trinajstić information content (AvgIpc) is 3.33. The van der Waals surface area contributed by atoms with E-state index in [2.05, 4.69) is 35.4 Å². The third-order valence-corrected chi connectivity index (χ3v) is 5.61. The van der Waals surface area contributed by atoms with Crippen molar-refractivity contribution in [1.82, 2.24) is 4.98 Å². The van der Waals surface area contributed by atoms with Crippen molar-refractivity contribution in [3.8, 4) is 17.3 Å². The number of hydrogen-bond acceptors (Lipinski definition) is 8. The van der Waals surface area contributed by atoms with Crippen LogP contribution >= 0.6 is 11.3 Å². The number of aromatic nitrogens is 1. The number of rotatable bonds is 7. The summed E-state index contributed by atoms with van der Waals surface area (Å²) in [5.74, 6) is -1.13. The molecule has 2 aromatic carbocycles. The van der Waals surface area contributed by atoms with Crippen LogP contribution in [0.15, 0.2) is 54.0 Å². The maximum absolute atomic E-state index is 12.1. The van der Waals surface area contributed by atoms with E-state index in [1.54, 1.807) is 0 Å². The topological polar surface area (TPSA) is 101 Å². The molecule has 162 valence electrons. The van der Waals surface area contributed by atoms with Gasteiger partial charge in [0.05, 0.1) is 36.7 Å². The summed E-state index contributed by atoms with van der Waals surface area (Å²) >= 11 is 1.34. The number of anilines is 1. The van der Waals surface area contributed by atoms with E-state index in [1.807, 2.05) is 17.5 Å². The molecule has 0 atom stereocenters. The molecular formula is C24H21N3O4S. The Labute approximate surface area is 189 Å². The molecular weight excluding hydrogens is 426 g/mol. The highest BCUT2D eigenvalue weighted by molar-refractivity contribution is 7.11. The second kappa shape index (κ2) is 10.4. The maximum atomic E-state index is 12.1. The summed E-state index contributed by atoms with van der Waals surface area (Å²) in [6, 6.07) is 14.6. The molecule has 1 heterocycles. The molecule has 3 rings (SSSR count). The number of carbonyl (C=O) groups is 2. The Bertz CT molecular complexity index is 1210. The first kappa shape index (κ1) is 22.7. The van der Waals surface area contributed by atoms with Crippen molar-refractivity contribution in [1.29, 1.82) is 5.26 Å².